The summed E-state index contributed by atoms with van der Waals surface area (Å²) in [5.41, 5.74) is 3.04. The van der Waals surface area contributed by atoms with Crippen LogP contribution in [0.3, 0.4) is 0 Å². The molecule has 0 spiro atoms. The van der Waals surface area contributed by atoms with Crippen molar-refractivity contribution in [2.24, 2.45) is 0 Å². The van der Waals surface area contributed by atoms with Crippen LogP contribution in [0.15, 0.2) is 121 Å². The highest BCUT2D eigenvalue weighted by Crippen LogP contribution is 2.35. The van der Waals surface area contributed by atoms with Gasteiger partial charge in [-0.25, -0.2) is 0 Å². The van der Waals surface area contributed by atoms with E-state index in [2.05, 4.69) is 0 Å². The number of hydrogen-bond donors (Lipinski definition) is 1. The van der Waals surface area contributed by atoms with E-state index in [4.69, 9.17) is 68.1 Å². The molecule has 1 aliphatic rings. The largest absolute Gasteiger partial charge is 0.445 e. The molecule has 9 nitrogen and oxygen atoms in total. The Labute approximate surface area is 301 Å². The molecule has 0 amide bonds. The molecule has 5 rings (SSSR count). The van der Waals surface area contributed by atoms with Gasteiger partial charge in [-0.2, -0.15) is 8.42 Å². The van der Waals surface area contributed by atoms with Gasteiger partial charge >= 0.3 is 0 Å². The smallest absolute Gasteiger partial charge is 0.271 e. The Morgan fingerprint density at radius 2 is 1.10 bits per heavy atom. The molecule has 1 fully saturated rings. The lowest BCUT2D eigenvalue weighted by Crippen LogP contribution is -2.62. The van der Waals surface area contributed by atoms with Crippen LogP contribution in [0.4, 0.5) is 0 Å². The van der Waals surface area contributed by atoms with Crippen LogP contribution < -0.4 is 0 Å². The van der Waals surface area contributed by atoms with Crippen molar-refractivity contribution in [2.45, 2.75) is 60.1 Å². The molecule has 260 valence electrons. The Kier molecular flexibility index (Phi) is 13.5. The van der Waals surface area contributed by atoms with Crippen LogP contribution in [0.2, 0.25) is 0 Å². The summed E-state index contributed by atoms with van der Waals surface area (Å²) in [6, 6.07) is 36.8. The maximum atomic E-state index is 13.7. The summed E-state index contributed by atoms with van der Waals surface area (Å²) in [4.78, 5) is 0. The van der Waals surface area contributed by atoms with Gasteiger partial charge in [0.2, 0.25) is 12.2 Å². The molecule has 0 saturated carbocycles. The van der Waals surface area contributed by atoms with Crippen molar-refractivity contribution in [3.63, 3.8) is 0 Å². The molecule has 0 bridgehead atoms. The highest BCUT2D eigenvalue weighted by molar-refractivity contribution is 7.85. The second-order valence-corrected chi connectivity index (χ2v) is 15.1. The third-order valence-electron chi connectivity index (χ3n) is 7.49. The Hall–Kier alpha value is -3.03. The molecule has 1 N–H and O–H groups in total. The fourth-order valence-electron chi connectivity index (χ4n) is 5.15. The van der Waals surface area contributed by atoms with Gasteiger partial charge in [0.25, 0.3) is 13.9 Å². The van der Waals surface area contributed by atoms with Gasteiger partial charge in [0.15, 0.2) is 0 Å². The van der Waals surface area contributed by atoms with Gasteiger partial charge in [0.05, 0.1) is 26.4 Å². The molecule has 13 heteroatoms. The molecule has 0 radical (unpaired) electrons. The number of hydrogen-bond acceptors (Lipinski definition) is 9. The molecule has 1 saturated heterocycles. The zero-order valence-corrected chi connectivity index (χ0v) is 29.4. The number of ether oxygens (including phenoxy) is 5. The molecule has 1 unspecified atom stereocenters. The maximum absolute atomic E-state index is 13.7. The van der Waals surface area contributed by atoms with E-state index < -0.39 is 56.3 Å². The monoisotopic (exact) mass is 747 g/mol. The highest BCUT2D eigenvalue weighted by atomic mass is 35.6. The van der Waals surface area contributed by atoms with Crippen LogP contribution >= 0.6 is 34.8 Å². The van der Waals surface area contributed by atoms with Gasteiger partial charge in [0.1, 0.15) is 30.2 Å². The minimum Gasteiger partial charge on any atom is -0.445 e. The fraction of sp³-hybridized carbons (Fsp3) is 0.306. The topological polar surface area (TPSA) is 113 Å². The van der Waals surface area contributed by atoms with Crippen molar-refractivity contribution in [3.05, 3.63) is 144 Å². The average molecular weight is 749 g/mol. The van der Waals surface area contributed by atoms with Crippen LogP contribution in [0.25, 0.3) is 0 Å². The summed E-state index contributed by atoms with van der Waals surface area (Å²) in [7, 11) is -4.23. The van der Waals surface area contributed by atoms with Crippen LogP contribution in [0.1, 0.15) is 22.3 Å². The van der Waals surface area contributed by atoms with Gasteiger partial charge in [0, 0.05) is 0 Å². The van der Waals surface area contributed by atoms with E-state index in [-0.39, 0.29) is 26.4 Å². The van der Waals surface area contributed by atoms with E-state index in [0.717, 1.165) is 16.7 Å². The van der Waals surface area contributed by atoms with Crippen molar-refractivity contribution < 1.29 is 36.3 Å². The summed E-state index contributed by atoms with van der Waals surface area (Å²) in [6.07, 6.45) is -6.08. The first-order valence-corrected chi connectivity index (χ1v) is 18.1. The number of rotatable bonds is 15. The molecular formula is C36H36Cl3NO8S. The van der Waals surface area contributed by atoms with E-state index in [1.54, 1.807) is 30.3 Å². The standard InChI is InChI=1S/C36H36Cl3NO8S/c37-36(38,39)35(40)47-34-33(45-23-28-17-9-3-10-18-28)32(44-22-27-15-7-2-8-16-27)31(48-49(41,42)25-29-19-11-4-12-20-29)30(46-34)24-43-21-26-13-5-1-6-14-26/h1-20,30-34,40H,21-25H2/t30-,31-,32+,33+,34?/m1/s1. The van der Waals surface area contributed by atoms with Gasteiger partial charge in [-0.15, -0.1) is 0 Å². The summed E-state index contributed by atoms with van der Waals surface area (Å²) < 4.78 is 62.1. The van der Waals surface area contributed by atoms with Crippen LogP contribution in [-0.2, 0) is 63.6 Å². The first-order chi connectivity index (χ1) is 23.6. The Bertz CT molecular complexity index is 1700. The predicted molar refractivity (Wildman–Crippen MR) is 188 cm³/mol. The second kappa shape index (κ2) is 17.8. The molecule has 4 aromatic carbocycles. The second-order valence-electron chi connectivity index (χ2n) is 11.3. The lowest BCUT2D eigenvalue weighted by atomic mass is 9.98. The number of alkyl halides is 3. The number of benzene rings is 4. The zero-order valence-electron chi connectivity index (χ0n) is 26.3. The van der Waals surface area contributed by atoms with Crippen molar-refractivity contribution in [1.29, 1.82) is 5.41 Å². The number of nitrogens with one attached hydrogen (secondary N) is 1. The lowest BCUT2D eigenvalue weighted by Gasteiger charge is -2.45. The van der Waals surface area contributed by atoms with Gasteiger partial charge < -0.3 is 23.7 Å². The average Bonchev–Trinajstić information content (AvgIpc) is 3.09. The molecular weight excluding hydrogens is 713 g/mol. The molecule has 5 atom stereocenters. The van der Waals surface area contributed by atoms with Gasteiger partial charge in [-0.3, -0.25) is 9.59 Å². The minimum absolute atomic E-state index is 0.0552. The van der Waals surface area contributed by atoms with E-state index in [9.17, 15) is 8.42 Å². The zero-order chi connectivity index (χ0) is 34.7. The molecule has 0 aliphatic carbocycles. The quantitative estimate of drug-likeness (QED) is 0.0581. The Morgan fingerprint density at radius 1 is 0.653 bits per heavy atom. The SMILES string of the molecule is N=C(OC1O[C@H](COCc2ccccc2)[C@@H](OS(=O)(=O)Cc2ccccc2)[C@H](OCc2ccccc2)[C@@H]1OCc1ccccc1)C(Cl)(Cl)Cl. The highest BCUT2D eigenvalue weighted by Gasteiger charge is 2.52. The summed E-state index contributed by atoms with van der Waals surface area (Å²) in [5, 5.41) is 8.35. The fourth-order valence-corrected chi connectivity index (χ4v) is 6.53. The Morgan fingerprint density at radius 3 is 1.59 bits per heavy atom. The first-order valence-electron chi connectivity index (χ1n) is 15.4. The molecule has 1 heterocycles. The van der Waals surface area contributed by atoms with Crippen molar-refractivity contribution in [3.8, 4) is 0 Å². The minimum atomic E-state index is -4.23. The van der Waals surface area contributed by atoms with E-state index >= 15 is 0 Å². The van der Waals surface area contributed by atoms with Crippen LogP contribution in [0, 0.1) is 5.41 Å². The lowest BCUT2D eigenvalue weighted by molar-refractivity contribution is -0.300. The maximum Gasteiger partial charge on any atom is 0.271 e. The summed E-state index contributed by atoms with van der Waals surface area (Å²) in [6.45, 7) is 0.169. The molecule has 1 aliphatic heterocycles. The third-order valence-corrected chi connectivity index (χ3v) is 9.21. The summed E-state index contributed by atoms with van der Waals surface area (Å²) in [5.74, 6) is -1.13. The Balaban J connectivity index is 1.51. The molecule has 0 aromatic heterocycles. The van der Waals surface area contributed by atoms with Gasteiger partial charge in [-0.05, 0) is 22.3 Å². The van der Waals surface area contributed by atoms with Crippen molar-refractivity contribution >= 4 is 50.8 Å². The normalized spacial score (nSPS) is 21.2. The van der Waals surface area contributed by atoms with Crippen LogP contribution in [0.5, 0.6) is 0 Å². The van der Waals surface area contributed by atoms with E-state index in [1.807, 2.05) is 91.0 Å². The molecule has 49 heavy (non-hydrogen) atoms. The summed E-state index contributed by atoms with van der Waals surface area (Å²) >= 11 is 18.0. The number of halogens is 3. The van der Waals surface area contributed by atoms with E-state index in [0.29, 0.717) is 5.56 Å². The van der Waals surface area contributed by atoms with Crippen LogP contribution in [-0.4, -0.2) is 55.4 Å². The first kappa shape index (κ1) is 37.2. The third kappa shape index (κ3) is 11.5. The molecule has 4 aromatic rings. The predicted octanol–water partition coefficient (Wildman–Crippen LogP) is 7.38. The van der Waals surface area contributed by atoms with Gasteiger partial charge in [-0.1, -0.05) is 156 Å². The van der Waals surface area contributed by atoms with Crippen molar-refractivity contribution in [1.82, 2.24) is 0 Å². The van der Waals surface area contributed by atoms with E-state index in [1.165, 1.54) is 0 Å². The van der Waals surface area contributed by atoms with Crippen molar-refractivity contribution in [2.75, 3.05) is 6.61 Å².